The zero-order chi connectivity index (χ0) is 13.0. The number of carbonyl (C=O) groups excluding carboxylic acids is 1. The summed E-state index contributed by atoms with van der Waals surface area (Å²) in [6.45, 7) is 2.44. The Hall–Kier alpha value is -2.22. The molecule has 1 aliphatic rings. The van der Waals surface area contributed by atoms with Gasteiger partial charge in [-0.1, -0.05) is 12.1 Å². The number of nitrogens with zero attached hydrogens (tertiary/aromatic N) is 3. The van der Waals surface area contributed by atoms with Crippen molar-refractivity contribution in [2.75, 3.05) is 33.3 Å². The van der Waals surface area contributed by atoms with Crippen LogP contribution >= 0.6 is 0 Å². The van der Waals surface area contributed by atoms with E-state index in [0.29, 0.717) is 24.5 Å². The van der Waals surface area contributed by atoms with Crippen LogP contribution in [0.1, 0.15) is 5.56 Å². The van der Waals surface area contributed by atoms with Gasteiger partial charge in [-0.25, -0.2) is 4.79 Å². The topological polar surface area (TPSA) is 56.6 Å². The number of urea groups is 1. The maximum Gasteiger partial charge on any atom is 0.319 e. The van der Waals surface area contributed by atoms with E-state index in [2.05, 4.69) is 6.07 Å². The van der Waals surface area contributed by atoms with Gasteiger partial charge in [-0.05, 0) is 12.1 Å². The predicted molar refractivity (Wildman–Crippen MR) is 66.3 cm³/mol. The molecule has 1 saturated heterocycles. The molecule has 0 radical (unpaired) electrons. The highest BCUT2D eigenvalue weighted by molar-refractivity contribution is 5.76. The molecule has 1 aliphatic heterocycles. The molecule has 1 fully saturated rings. The highest BCUT2D eigenvalue weighted by atomic mass is 16.5. The van der Waals surface area contributed by atoms with Crippen molar-refractivity contribution in [1.29, 1.82) is 5.26 Å². The summed E-state index contributed by atoms with van der Waals surface area (Å²) in [6, 6.07) is 9.20. The molecular formula is C13H15N3O2. The molecule has 0 spiro atoms. The van der Waals surface area contributed by atoms with Gasteiger partial charge in [-0.15, -0.1) is 0 Å². The van der Waals surface area contributed by atoms with E-state index in [4.69, 9.17) is 10.00 Å². The maximum absolute atomic E-state index is 11.6. The van der Waals surface area contributed by atoms with Crippen molar-refractivity contribution in [2.24, 2.45) is 0 Å². The Bertz CT molecular complexity index is 481. The van der Waals surface area contributed by atoms with Crippen LogP contribution in [0.5, 0.6) is 5.75 Å². The number of carbonyl (C=O) groups is 1. The molecule has 2 rings (SSSR count). The Morgan fingerprint density at radius 2 is 2.17 bits per heavy atom. The molecule has 0 saturated carbocycles. The first-order valence-corrected chi connectivity index (χ1v) is 5.84. The average molecular weight is 245 g/mol. The second kappa shape index (κ2) is 5.41. The van der Waals surface area contributed by atoms with Crippen LogP contribution in [0.4, 0.5) is 4.79 Å². The van der Waals surface area contributed by atoms with E-state index in [0.717, 1.165) is 13.1 Å². The van der Waals surface area contributed by atoms with Crippen molar-refractivity contribution in [3.63, 3.8) is 0 Å². The molecule has 0 atom stereocenters. The minimum atomic E-state index is 0.0344. The van der Waals surface area contributed by atoms with E-state index >= 15 is 0 Å². The summed E-state index contributed by atoms with van der Waals surface area (Å²) >= 11 is 0. The Balaban J connectivity index is 1.86. The number of likely N-dealkylation sites (N-methyl/N-ethyl adjacent to an activating group) is 1. The van der Waals surface area contributed by atoms with Crippen molar-refractivity contribution in [2.45, 2.75) is 0 Å². The zero-order valence-electron chi connectivity index (χ0n) is 10.3. The molecule has 5 nitrogen and oxygen atoms in total. The number of ether oxygens (including phenoxy) is 1. The molecule has 2 amide bonds. The third kappa shape index (κ3) is 2.54. The lowest BCUT2D eigenvalue weighted by Gasteiger charge is -2.16. The summed E-state index contributed by atoms with van der Waals surface area (Å²) in [7, 11) is 1.79. The number of nitriles is 1. The summed E-state index contributed by atoms with van der Waals surface area (Å²) in [4.78, 5) is 15.0. The number of benzene rings is 1. The van der Waals surface area contributed by atoms with Gasteiger partial charge in [0.15, 0.2) is 0 Å². The first-order valence-electron chi connectivity index (χ1n) is 5.84. The number of hydrogen-bond donors (Lipinski definition) is 0. The van der Waals surface area contributed by atoms with Crippen LogP contribution in [-0.4, -0.2) is 49.1 Å². The van der Waals surface area contributed by atoms with Gasteiger partial charge < -0.3 is 14.5 Å². The number of amides is 2. The molecule has 0 aliphatic carbocycles. The average Bonchev–Trinajstić information content (AvgIpc) is 2.71. The van der Waals surface area contributed by atoms with E-state index in [9.17, 15) is 4.79 Å². The van der Waals surface area contributed by atoms with Crippen LogP contribution in [0.3, 0.4) is 0 Å². The van der Waals surface area contributed by atoms with Crippen molar-refractivity contribution in [3.8, 4) is 11.8 Å². The fraction of sp³-hybridized carbons (Fsp3) is 0.385. The van der Waals surface area contributed by atoms with Crippen molar-refractivity contribution in [1.82, 2.24) is 9.80 Å². The first-order chi connectivity index (χ1) is 8.72. The summed E-state index contributed by atoms with van der Waals surface area (Å²) in [5, 5.41) is 8.90. The third-order valence-electron chi connectivity index (χ3n) is 2.93. The Morgan fingerprint density at radius 3 is 2.83 bits per heavy atom. The second-order valence-electron chi connectivity index (χ2n) is 4.15. The Morgan fingerprint density at radius 1 is 1.39 bits per heavy atom. The molecule has 0 aromatic heterocycles. The minimum Gasteiger partial charge on any atom is -0.490 e. The number of para-hydroxylation sites is 1. The lowest BCUT2D eigenvalue weighted by Crippen LogP contribution is -2.32. The number of hydrogen-bond acceptors (Lipinski definition) is 3. The highest BCUT2D eigenvalue weighted by Gasteiger charge is 2.24. The second-order valence-corrected chi connectivity index (χ2v) is 4.15. The largest absolute Gasteiger partial charge is 0.490 e. The lowest BCUT2D eigenvalue weighted by atomic mass is 10.2. The van der Waals surface area contributed by atoms with Gasteiger partial charge in [0, 0.05) is 20.1 Å². The SMILES string of the molecule is CN1CCN(CCOc2ccccc2C#N)C1=O. The summed E-state index contributed by atoms with van der Waals surface area (Å²) in [5.74, 6) is 0.569. The third-order valence-corrected chi connectivity index (χ3v) is 2.93. The van der Waals surface area contributed by atoms with E-state index in [1.807, 2.05) is 6.07 Å². The zero-order valence-corrected chi connectivity index (χ0v) is 10.3. The Labute approximate surface area is 106 Å². The Kier molecular flexibility index (Phi) is 3.68. The maximum atomic E-state index is 11.6. The minimum absolute atomic E-state index is 0.0344. The molecular weight excluding hydrogens is 230 g/mol. The smallest absolute Gasteiger partial charge is 0.319 e. The summed E-state index contributed by atoms with van der Waals surface area (Å²) in [5.41, 5.74) is 0.516. The normalized spacial score (nSPS) is 14.8. The highest BCUT2D eigenvalue weighted by Crippen LogP contribution is 2.16. The molecule has 18 heavy (non-hydrogen) atoms. The predicted octanol–water partition coefficient (Wildman–Crippen LogP) is 1.30. The fourth-order valence-corrected chi connectivity index (χ4v) is 1.86. The summed E-state index contributed by atoms with van der Waals surface area (Å²) < 4.78 is 5.54. The van der Waals surface area contributed by atoms with Gasteiger partial charge in [-0.3, -0.25) is 0 Å². The lowest BCUT2D eigenvalue weighted by molar-refractivity contribution is 0.187. The number of rotatable bonds is 4. The van der Waals surface area contributed by atoms with Gasteiger partial charge in [0.1, 0.15) is 18.4 Å². The molecule has 0 unspecified atom stereocenters. The summed E-state index contributed by atoms with van der Waals surface area (Å²) in [6.07, 6.45) is 0. The molecule has 5 heteroatoms. The van der Waals surface area contributed by atoms with E-state index in [1.165, 1.54) is 0 Å². The molecule has 0 bridgehead atoms. The van der Waals surface area contributed by atoms with Crippen molar-refractivity contribution < 1.29 is 9.53 Å². The van der Waals surface area contributed by atoms with Crippen molar-refractivity contribution in [3.05, 3.63) is 29.8 Å². The van der Waals surface area contributed by atoms with Crippen LogP contribution in [-0.2, 0) is 0 Å². The van der Waals surface area contributed by atoms with E-state index in [-0.39, 0.29) is 6.03 Å². The van der Waals surface area contributed by atoms with Gasteiger partial charge in [-0.2, -0.15) is 5.26 Å². The molecule has 0 N–H and O–H groups in total. The van der Waals surface area contributed by atoms with Crippen LogP contribution in [0, 0.1) is 11.3 Å². The molecule has 1 heterocycles. The standard InChI is InChI=1S/C13H15N3O2/c1-15-6-7-16(13(15)17)8-9-18-12-5-3-2-4-11(12)10-14/h2-5H,6-9H2,1H3. The van der Waals surface area contributed by atoms with Crippen LogP contribution in [0.15, 0.2) is 24.3 Å². The molecule has 94 valence electrons. The molecule has 1 aromatic rings. The van der Waals surface area contributed by atoms with Gasteiger partial charge in [0.25, 0.3) is 0 Å². The van der Waals surface area contributed by atoms with E-state index in [1.54, 1.807) is 35.0 Å². The first kappa shape index (κ1) is 12.2. The van der Waals surface area contributed by atoms with Gasteiger partial charge in [0.2, 0.25) is 0 Å². The van der Waals surface area contributed by atoms with Gasteiger partial charge in [0.05, 0.1) is 12.1 Å². The van der Waals surface area contributed by atoms with Crippen molar-refractivity contribution >= 4 is 6.03 Å². The van der Waals surface area contributed by atoms with Crippen LogP contribution in [0.2, 0.25) is 0 Å². The molecule has 1 aromatic carbocycles. The van der Waals surface area contributed by atoms with E-state index < -0.39 is 0 Å². The van der Waals surface area contributed by atoms with Gasteiger partial charge >= 0.3 is 6.03 Å². The fourth-order valence-electron chi connectivity index (χ4n) is 1.86. The van der Waals surface area contributed by atoms with Crippen LogP contribution < -0.4 is 4.74 Å². The van der Waals surface area contributed by atoms with Crippen LogP contribution in [0.25, 0.3) is 0 Å². The monoisotopic (exact) mass is 245 g/mol. The quantitative estimate of drug-likeness (QED) is 0.803.